The monoisotopic (exact) mass is 378 g/mol. The second-order valence-corrected chi connectivity index (χ2v) is 13.3. The van der Waals surface area contributed by atoms with Crippen LogP contribution in [0.15, 0.2) is 18.2 Å². The quantitative estimate of drug-likeness (QED) is 0.683. The van der Waals surface area contributed by atoms with E-state index in [0.29, 0.717) is 17.0 Å². The van der Waals surface area contributed by atoms with Gasteiger partial charge in [0, 0.05) is 5.69 Å². The van der Waals surface area contributed by atoms with E-state index in [1.807, 2.05) is 0 Å². The SMILES string of the molecule is CCC1C(O[Si](C)(C)C(C)(C)C)CC(=O)N1c1ccc(C#N)c(Cl)c1. The topological polar surface area (TPSA) is 53.3 Å². The molecule has 0 radical (unpaired) electrons. The highest BCUT2D eigenvalue weighted by Crippen LogP contribution is 2.41. The van der Waals surface area contributed by atoms with Crippen molar-refractivity contribution in [2.24, 2.45) is 0 Å². The first-order valence-corrected chi connectivity index (χ1v) is 12.0. The van der Waals surface area contributed by atoms with E-state index in [4.69, 9.17) is 21.3 Å². The smallest absolute Gasteiger partial charge is 0.229 e. The van der Waals surface area contributed by atoms with Crippen LogP contribution in [-0.2, 0) is 9.22 Å². The fraction of sp³-hybridized carbons (Fsp3) is 0.579. The van der Waals surface area contributed by atoms with Crippen molar-refractivity contribution < 1.29 is 9.22 Å². The fourth-order valence-corrected chi connectivity index (χ4v) is 4.53. The van der Waals surface area contributed by atoms with E-state index in [1.54, 1.807) is 23.1 Å². The van der Waals surface area contributed by atoms with Crippen LogP contribution in [0.4, 0.5) is 5.69 Å². The van der Waals surface area contributed by atoms with E-state index in [1.165, 1.54) is 0 Å². The van der Waals surface area contributed by atoms with Crippen molar-refractivity contribution in [3.8, 4) is 6.07 Å². The molecule has 0 aromatic heterocycles. The van der Waals surface area contributed by atoms with Crippen LogP contribution in [0.2, 0.25) is 23.2 Å². The number of benzene rings is 1. The number of carbonyl (C=O) groups excluding carboxylic acids is 1. The van der Waals surface area contributed by atoms with Crippen LogP contribution in [0, 0.1) is 11.3 Å². The Morgan fingerprint density at radius 1 is 1.40 bits per heavy atom. The van der Waals surface area contributed by atoms with Gasteiger partial charge in [0.15, 0.2) is 8.32 Å². The van der Waals surface area contributed by atoms with Gasteiger partial charge in [0.2, 0.25) is 5.91 Å². The number of nitriles is 1. The van der Waals surface area contributed by atoms with Crippen molar-refractivity contribution in [3.05, 3.63) is 28.8 Å². The molecule has 0 saturated carbocycles. The van der Waals surface area contributed by atoms with Crippen LogP contribution in [0.3, 0.4) is 0 Å². The molecular formula is C19H27ClN2O2Si. The van der Waals surface area contributed by atoms with Gasteiger partial charge in [-0.15, -0.1) is 0 Å². The molecule has 1 aromatic carbocycles. The Bertz CT molecular complexity index is 706. The maximum absolute atomic E-state index is 12.7. The Morgan fingerprint density at radius 3 is 2.52 bits per heavy atom. The average Bonchev–Trinajstić information content (AvgIpc) is 2.80. The molecule has 1 aliphatic heterocycles. The minimum Gasteiger partial charge on any atom is -0.411 e. The number of rotatable bonds is 4. The van der Waals surface area contributed by atoms with Crippen LogP contribution in [-0.4, -0.2) is 26.4 Å². The van der Waals surface area contributed by atoms with E-state index in [9.17, 15) is 4.79 Å². The number of hydrogen-bond acceptors (Lipinski definition) is 3. The predicted octanol–water partition coefficient (Wildman–Crippen LogP) is 5.12. The van der Waals surface area contributed by atoms with Gasteiger partial charge in [-0.2, -0.15) is 5.26 Å². The summed E-state index contributed by atoms with van der Waals surface area (Å²) in [6, 6.07) is 7.20. The molecule has 2 atom stereocenters. The Kier molecular flexibility index (Phi) is 5.67. The third kappa shape index (κ3) is 3.92. The van der Waals surface area contributed by atoms with E-state index in [0.717, 1.165) is 12.1 Å². The summed E-state index contributed by atoms with van der Waals surface area (Å²) in [6.45, 7) is 13.1. The molecule has 25 heavy (non-hydrogen) atoms. The van der Waals surface area contributed by atoms with Crippen LogP contribution < -0.4 is 4.90 Å². The van der Waals surface area contributed by atoms with E-state index in [2.05, 4.69) is 46.9 Å². The van der Waals surface area contributed by atoms with Gasteiger partial charge in [0.05, 0.1) is 29.2 Å². The van der Waals surface area contributed by atoms with Gasteiger partial charge in [0.1, 0.15) is 6.07 Å². The highest BCUT2D eigenvalue weighted by atomic mass is 35.5. The molecule has 0 N–H and O–H groups in total. The number of halogens is 1. The van der Waals surface area contributed by atoms with Gasteiger partial charge in [-0.1, -0.05) is 39.3 Å². The zero-order chi connectivity index (χ0) is 19.0. The highest BCUT2D eigenvalue weighted by molar-refractivity contribution is 6.74. The highest BCUT2D eigenvalue weighted by Gasteiger charge is 2.46. The van der Waals surface area contributed by atoms with Crippen molar-refractivity contribution in [2.75, 3.05) is 4.90 Å². The Labute approximate surface area is 156 Å². The van der Waals surface area contributed by atoms with Crippen LogP contribution in [0.1, 0.15) is 46.1 Å². The lowest BCUT2D eigenvalue weighted by Crippen LogP contribution is -2.47. The third-order valence-corrected chi connectivity index (χ3v) is 10.2. The van der Waals surface area contributed by atoms with Crippen molar-refractivity contribution in [3.63, 3.8) is 0 Å². The van der Waals surface area contributed by atoms with Gasteiger partial charge in [-0.05, 0) is 42.8 Å². The molecule has 0 bridgehead atoms. The van der Waals surface area contributed by atoms with Gasteiger partial charge in [-0.25, -0.2) is 0 Å². The lowest BCUT2D eigenvalue weighted by molar-refractivity contribution is -0.117. The number of nitrogens with zero attached hydrogens (tertiary/aromatic N) is 2. The molecule has 6 heteroatoms. The normalized spacial score (nSPS) is 21.5. The minimum absolute atomic E-state index is 0.00868. The van der Waals surface area contributed by atoms with Gasteiger partial charge in [0.25, 0.3) is 0 Å². The molecule has 2 rings (SSSR count). The number of hydrogen-bond donors (Lipinski definition) is 0. The van der Waals surface area contributed by atoms with Crippen molar-refractivity contribution in [1.82, 2.24) is 0 Å². The van der Waals surface area contributed by atoms with E-state index >= 15 is 0 Å². The van der Waals surface area contributed by atoms with E-state index < -0.39 is 8.32 Å². The second kappa shape index (κ2) is 7.11. The summed E-state index contributed by atoms with van der Waals surface area (Å²) in [4.78, 5) is 14.5. The summed E-state index contributed by atoms with van der Waals surface area (Å²) in [6.07, 6.45) is 1.10. The van der Waals surface area contributed by atoms with Crippen molar-refractivity contribution >= 4 is 31.5 Å². The number of amides is 1. The lowest BCUT2D eigenvalue weighted by Gasteiger charge is -2.40. The lowest BCUT2D eigenvalue weighted by atomic mass is 10.1. The maximum atomic E-state index is 12.7. The van der Waals surface area contributed by atoms with Crippen molar-refractivity contribution in [1.29, 1.82) is 5.26 Å². The predicted molar refractivity (Wildman–Crippen MR) is 104 cm³/mol. The summed E-state index contributed by atoms with van der Waals surface area (Å²) in [5.74, 6) is 0.0522. The fourth-order valence-electron chi connectivity index (χ4n) is 2.96. The van der Waals surface area contributed by atoms with Gasteiger partial charge < -0.3 is 9.33 Å². The molecule has 2 unspecified atom stereocenters. The number of anilines is 1. The molecular weight excluding hydrogens is 352 g/mol. The van der Waals surface area contributed by atoms with Gasteiger partial charge >= 0.3 is 0 Å². The zero-order valence-corrected chi connectivity index (χ0v) is 17.6. The molecule has 0 spiro atoms. The average molecular weight is 379 g/mol. The molecule has 4 nitrogen and oxygen atoms in total. The largest absolute Gasteiger partial charge is 0.411 e. The van der Waals surface area contributed by atoms with Crippen molar-refractivity contribution in [2.45, 2.75) is 70.8 Å². The standard InChI is InChI=1S/C19H27ClN2O2Si/c1-7-16-17(24-25(5,6)19(2,3)4)11-18(23)22(16)14-9-8-13(12-21)15(20)10-14/h8-10,16-17H,7,11H2,1-6H3. The maximum Gasteiger partial charge on any atom is 0.229 e. The molecule has 1 aliphatic rings. The first kappa shape index (κ1) is 20.0. The summed E-state index contributed by atoms with van der Waals surface area (Å²) in [5, 5.41) is 9.51. The molecule has 1 amide bonds. The summed E-state index contributed by atoms with van der Waals surface area (Å²) in [5.41, 5.74) is 1.15. The molecule has 1 heterocycles. The first-order chi connectivity index (χ1) is 11.5. The van der Waals surface area contributed by atoms with Crippen LogP contribution in [0.25, 0.3) is 0 Å². The summed E-state index contributed by atoms with van der Waals surface area (Å²) >= 11 is 6.16. The first-order valence-electron chi connectivity index (χ1n) is 8.71. The van der Waals surface area contributed by atoms with E-state index in [-0.39, 0.29) is 23.1 Å². The Morgan fingerprint density at radius 2 is 2.04 bits per heavy atom. The summed E-state index contributed by atoms with van der Waals surface area (Å²) < 4.78 is 6.56. The molecule has 1 fully saturated rings. The van der Waals surface area contributed by atoms with Crippen LogP contribution in [0.5, 0.6) is 0 Å². The molecule has 136 valence electrons. The van der Waals surface area contributed by atoms with Crippen LogP contribution >= 0.6 is 11.6 Å². The molecule has 1 saturated heterocycles. The van der Waals surface area contributed by atoms with Gasteiger partial charge in [-0.3, -0.25) is 4.79 Å². The number of carbonyl (C=O) groups is 1. The molecule has 0 aliphatic carbocycles. The summed E-state index contributed by atoms with van der Waals surface area (Å²) in [7, 11) is -1.96. The second-order valence-electron chi connectivity index (χ2n) is 8.14. The minimum atomic E-state index is -1.96. The zero-order valence-electron chi connectivity index (χ0n) is 15.9. The Balaban J connectivity index is 2.31. The molecule has 1 aromatic rings. The third-order valence-electron chi connectivity index (χ3n) is 5.43. The Hall–Kier alpha value is -1.35.